The average Bonchev–Trinajstić information content (AvgIpc) is 3.34. The van der Waals surface area contributed by atoms with Crippen molar-refractivity contribution in [2.24, 2.45) is 0 Å². The van der Waals surface area contributed by atoms with Gasteiger partial charge in [0.15, 0.2) is 5.82 Å². The molecule has 1 saturated carbocycles. The van der Waals surface area contributed by atoms with Gasteiger partial charge in [-0.15, -0.1) is 0 Å². The number of pyridine rings is 1. The third-order valence-corrected chi connectivity index (χ3v) is 6.13. The van der Waals surface area contributed by atoms with Crippen molar-refractivity contribution in [1.29, 1.82) is 0 Å². The number of rotatable bonds is 2. The number of ether oxygens (including phenoxy) is 1. The molecule has 1 aliphatic heterocycles. The van der Waals surface area contributed by atoms with Crippen molar-refractivity contribution in [3.05, 3.63) is 33.5 Å². The Morgan fingerprint density at radius 2 is 2.08 bits per heavy atom. The summed E-state index contributed by atoms with van der Waals surface area (Å²) in [6, 6.07) is 1.93. The Bertz CT molecular complexity index is 848. The Kier molecular flexibility index (Phi) is 3.55. The monoisotopic (exact) mass is 341 g/mol. The maximum atomic E-state index is 12.4. The topological polar surface area (TPSA) is 81.0 Å². The summed E-state index contributed by atoms with van der Waals surface area (Å²) >= 11 is 0. The second-order valence-corrected chi connectivity index (χ2v) is 7.76. The molecule has 132 valence electrons. The van der Waals surface area contributed by atoms with Crippen molar-refractivity contribution in [2.75, 3.05) is 6.61 Å². The molecule has 2 aromatic heterocycles. The third-order valence-electron chi connectivity index (χ3n) is 6.13. The van der Waals surface area contributed by atoms with E-state index in [0.29, 0.717) is 11.5 Å². The molecular weight excluding hydrogens is 318 g/mol. The zero-order valence-electron chi connectivity index (χ0n) is 14.3. The number of nitrogens with one attached hydrogen (secondary N) is 1. The smallest absolute Gasteiger partial charge is 0.263 e. The van der Waals surface area contributed by atoms with Crippen LogP contribution in [0.4, 0.5) is 0 Å². The molecule has 6 heteroatoms. The number of nitrogens with zero attached hydrogens (tertiary/aromatic N) is 2. The lowest BCUT2D eigenvalue weighted by Gasteiger charge is -2.37. The van der Waals surface area contributed by atoms with Crippen molar-refractivity contribution in [3.8, 4) is 11.5 Å². The van der Waals surface area contributed by atoms with Gasteiger partial charge in [0.2, 0.25) is 0 Å². The van der Waals surface area contributed by atoms with Gasteiger partial charge in [0.1, 0.15) is 5.56 Å². The lowest BCUT2D eigenvalue weighted by molar-refractivity contribution is -0.0815. The van der Waals surface area contributed by atoms with E-state index in [-0.39, 0.29) is 17.1 Å². The Labute approximate surface area is 146 Å². The lowest BCUT2D eigenvalue weighted by Crippen LogP contribution is -2.36. The summed E-state index contributed by atoms with van der Waals surface area (Å²) in [5.41, 5.74) is 2.65. The van der Waals surface area contributed by atoms with Crippen LogP contribution in [0.15, 0.2) is 15.4 Å². The number of aromatic nitrogens is 3. The fourth-order valence-electron chi connectivity index (χ4n) is 4.80. The highest BCUT2D eigenvalue weighted by atomic mass is 16.5. The van der Waals surface area contributed by atoms with Crippen LogP contribution in [-0.2, 0) is 17.6 Å². The van der Waals surface area contributed by atoms with E-state index in [9.17, 15) is 4.79 Å². The SMILES string of the molecule is O=c1[nH]c2c(cc1-c1nc(C3CCOC4(CCCC4)C3)no1)CCC2. The van der Waals surface area contributed by atoms with E-state index in [1.807, 2.05) is 6.07 Å². The highest BCUT2D eigenvalue weighted by Crippen LogP contribution is 2.44. The minimum absolute atomic E-state index is 0.0226. The van der Waals surface area contributed by atoms with E-state index in [1.54, 1.807) is 0 Å². The molecule has 2 aromatic rings. The van der Waals surface area contributed by atoms with Gasteiger partial charge in [-0.3, -0.25) is 4.79 Å². The fraction of sp³-hybridized carbons (Fsp3) is 0.632. The predicted molar refractivity (Wildman–Crippen MR) is 91.5 cm³/mol. The van der Waals surface area contributed by atoms with Crippen LogP contribution in [-0.4, -0.2) is 27.3 Å². The molecule has 3 heterocycles. The molecule has 3 aliphatic rings. The van der Waals surface area contributed by atoms with Gasteiger partial charge in [-0.2, -0.15) is 4.98 Å². The standard InChI is InChI=1S/C19H23N3O3/c23-17-14(10-12-4-3-5-15(12)20-17)18-21-16(22-25-18)13-6-9-24-19(11-13)7-1-2-8-19/h10,13H,1-9,11H2,(H,20,23). The first kappa shape index (κ1) is 15.3. The number of hydrogen-bond donors (Lipinski definition) is 1. The first-order chi connectivity index (χ1) is 12.2. The highest BCUT2D eigenvalue weighted by molar-refractivity contribution is 5.54. The predicted octanol–water partition coefficient (Wildman–Crippen LogP) is 3.12. The van der Waals surface area contributed by atoms with Gasteiger partial charge in [0, 0.05) is 18.2 Å². The summed E-state index contributed by atoms with van der Waals surface area (Å²) in [6.45, 7) is 0.758. The molecule has 5 rings (SSSR count). The number of aromatic amines is 1. The van der Waals surface area contributed by atoms with Crippen molar-refractivity contribution in [2.45, 2.75) is 69.3 Å². The molecule has 0 aromatic carbocycles. The van der Waals surface area contributed by atoms with E-state index < -0.39 is 0 Å². The Hall–Kier alpha value is -1.95. The van der Waals surface area contributed by atoms with Crippen LogP contribution in [0, 0.1) is 0 Å². The molecule has 25 heavy (non-hydrogen) atoms. The maximum absolute atomic E-state index is 12.4. The first-order valence-electron chi connectivity index (χ1n) is 9.45. The summed E-state index contributed by atoms with van der Waals surface area (Å²) in [4.78, 5) is 19.9. The zero-order chi connectivity index (χ0) is 16.9. The molecule has 1 atom stereocenters. The summed E-state index contributed by atoms with van der Waals surface area (Å²) in [6.07, 6.45) is 9.69. The molecule has 1 N–H and O–H groups in total. The summed E-state index contributed by atoms with van der Waals surface area (Å²) in [5.74, 6) is 1.33. The van der Waals surface area contributed by atoms with Gasteiger partial charge in [0.05, 0.1) is 5.60 Å². The molecule has 1 saturated heterocycles. The van der Waals surface area contributed by atoms with Crippen molar-refractivity contribution in [1.82, 2.24) is 15.1 Å². The molecular formula is C19H23N3O3. The van der Waals surface area contributed by atoms with Gasteiger partial charge in [-0.25, -0.2) is 0 Å². The normalized spacial score (nSPS) is 24.7. The number of hydrogen-bond acceptors (Lipinski definition) is 5. The van der Waals surface area contributed by atoms with Crippen LogP contribution < -0.4 is 5.56 Å². The fourth-order valence-corrected chi connectivity index (χ4v) is 4.80. The van der Waals surface area contributed by atoms with Crippen LogP contribution in [0.5, 0.6) is 0 Å². The van der Waals surface area contributed by atoms with Crippen LogP contribution in [0.1, 0.15) is 67.9 Å². The van der Waals surface area contributed by atoms with Gasteiger partial charge >= 0.3 is 0 Å². The van der Waals surface area contributed by atoms with Gasteiger partial charge in [-0.05, 0) is 56.6 Å². The quantitative estimate of drug-likeness (QED) is 0.907. The van der Waals surface area contributed by atoms with E-state index >= 15 is 0 Å². The Morgan fingerprint density at radius 1 is 1.20 bits per heavy atom. The summed E-state index contributed by atoms with van der Waals surface area (Å²) in [7, 11) is 0. The van der Waals surface area contributed by atoms with Crippen molar-refractivity contribution in [3.63, 3.8) is 0 Å². The molecule has 2 fully saturated rings. The lowest BCUT2D eigenvalue weighted by atomic mass is 9.84. The van der Waals surface area contributed by atoms with E-state index in [2.05, 4.69) is 15.1 Å². The molecule has 0 bridgehead atoms. The molecule has 0 radical (unpaired) electrons. The minimum Gasteiger partial charge on any atom is -0.375 e. The van der Waals surface area contributed by atoms with Gasteiger partial charge in [0.25, 0.3) is 11.4 Å². The van der Waals surface area contributed by atoms with E-state index in [1.165, 1.54) is 18.4 Å². The molecule has 6 nitrogen and oxygen atoms in total. The van der Waals surface area contributed by atoms with Gasteiger partial charge < -0.3 is 14.2 Å². The van der Waals surface area contributed by atoms with Gasteiger partial charge in [-0.1, -0.05) is 18.0 Å². The number of aryl methyl sites for hydroxylation is 2. The largest absolute Gasteiger partial charge is 0.375 e. The van der Waals surface area contributed by atoms with Crippen LogP contribution in [0.2, 0.25) is 0 Å². The van der Waals surface area contributed by atoms with E-state index in [4.69, 9.17) is 9.26 Å². The zero-order valence-corrected chi connectivity index (χ0v) is 14.3. The molecule has 1 unspecified atom stereocenters. The Morgan fingerprint density at radius 3 is 2.96 bits per heavy atom. The molecule has 2 aliphatic carbocycles. The van der Waals surface area contributed by atoms with Crippen LogP contribution in [0.25, 0.3) is 11.5 Å². The van der Waals surface area contributed by atoms with Crippen LogP contribution >= 0.6 is 0 Å². The first-order valence-corrected chi connectivity index (χ1v) is 9.45. The summed E-state index contributed by atoms with van der Waals surface area (Å²) < 4.78 is 11.6. The number of H-pyrrole nitrogens is 1. The van der Waals surface area contributed by atoms with Crippen LogP contribution in [0.3, 0.4) is 0 Å². The van der Waals surface area contributed by atoms with Crippen molar-refractivity contribution < 1.29 is 9.26 Å². The molecule has 0 amide bonds. The Balaban J connectivity index is 1.43. The highest BCUT2D eigenvalue weighted by Gasteiger charge is 2.41. The molecule has 1 spiro atoms. The third kappa shape index (κ3) is 2.63. The maximum Gasteiger partial charge on any atom is 0.263 e. The summed E-state index contributed by atoms with van der Waals surface area (Å²) in [5, 5.41) is 4.21. The second-order valence-electron chi connectivity index (χ2n) is 7.76. The van der Waals surface area contributed by atoms with E-state index in [0.717, 1.165) is 63.1 Å². The second kappa shape index (κ2) is 5.80. The van der Waals surface area contributed by atoms with Crippen molar-refractivity contribution >= 4 is 0 Å². The average molecular weight is 341 g/mol. The minimum atomic E-state index is -0.130. The number of fused-ring (bicyclic) bond motifs is 1.